The third-order valence-corrected chi connectivity index (χ3v) is 2.88. The predicted molar refractivity (Wildman–Crippen MR) is 77.5 cm³/mol. The molecule has 0 spiro atoms. The lowest BCUT2D eigenvalue weighted by Gasteiger charge is -2.24. The van der Waals surface area contributed by atoms with Crippen LogP contribution in [0, 0.1) is 11.8 Å². The van der Waals surface area contributed by atoms with Crippen LogP contribution in [0.1, 0.15) is 5.56 Å². The average molecular weight is 287 g/mol. The lowest BCUT2D eigenvalue weighted by atomic mass is 10.2. The van der Waals surface area contributed by atoms with Crippen molar-refractivity contribution in [3.63, 3.8) is 0 Å². The van der Waals surface area contributed by atoms with Crippen LogP contribution in [0.15, 0.2) is 24.3 Å². The zero-order valence-corrected chi connectivity index (χ0v) is 11.6. The Kier molecular flexibility index (Phi) is 5.32. The van der Waals surface area contributed by atoms with Gasteiger partial charge in [0.2, 0.25) is 11.8 Å². The van der Waals surface area contributed by atoms with Gasteiger partial charge in [0.05, 0.1) is 19.6 Å². The number of carbonyl (C=O) groups is 2. The summed E-state index contributed by atoms with van der Waals surface area (Å²) in [5, 5.41) is 2.26. The summed E-state index contributed by atoms with van der Waals surface area (Å²) in [5.41, 5.74) is 6.19. The summed E-state index contributed by atoms with van der Waals surface area (Å²) >= 11 is 0. The molecular weight excluding hydrogens is 270 g/mol. The highest BCUT2D eigenvalue weighted by Crippen LogP contribution is 2.11. The molecule has 0 aliphatic carbocycles. The van der Waals surface area contributed by atoms with Gasteiger partial charge in [0.1, 0.15) is 12.4 Å². The highest BCUT2D eigenvalue weighted by molar-refractivity contribution is 5.99. The first-order valence-electron chi connectivity index (χ1n) is 6.64. The number of benzene rings is 1. The number of nitrogens with two attached hydrogens (primary N) is 1. The molecule has 2 rings (SSSR count). The number of carbonyl (C=O) groups excluding carboxylic acids is 2. The molecule has 0 bridgehead atoms. The summed E-state index contributed by atoms with van der Waals surface area (Å²) in [4.78, 5) is 24.2. The van der Waals surface area contributed by atoms with Gasteiger partial charge in [-0.2, -0.15) is 0 Å². The van der Waals surface area contributed by atoms with Crippen molar-refractivity contribution >= 4 is 11.8 Å². The van der Waals surface area contributed by atoms with E-state index in [9.17, 15) is 9.59 Å². The number of rotatable bonds is 4. The molecule has 6 nitrogen and oxygen atoms in total. The third kappa shape index (κ3) is 4.91. The van der Waals surface area contributed by atoms with E-state index >= 15 is 0 Å². The normalized spacial score (nSPS) is 15.1. The molecular formula is C15H17N3O3. The van der Waals surface area contributed by atoms with E-state index in [1.165, 1.54) is 0 Å². The molecule has 0 aromatic heterocycles. The van der Waals surface area contributed by atoms with Gasteiger partial charge in [-0.05, 0) is 24.3 Å². The summed E-state index contributed by atoms with van der Waals surface area (Å²) in [6.45, 7) is 1.72. The van der Waals surface area contributed by atoms with Crippen LogP contribution in [0.25, 0.3) is 0 Å². The number of hydrogen-bond donors (Lipinski definition) is 2. The Morgan fingerprint density at radius 1 is 1.19 bits per heavy atom. The van der Waals surface area contributed by atoms with Gasteiger partial charge in [0.15, 0.2) is 0 Å². The highest BCUT2D eigenvalue weighted by Gasteiger charge is 2.21. The van der Waals surface area contributed by atoms with Gasteiger partial charge < -0.3 is 10.5 Å². The van der Waals surface area contributed by atoms with E-state index in [4.69, 9.17) is 10.5 Å². The first kappa shape index (κ1) is 15.0. The Labute approximate surface area is 123 Å². The first-order chi connectivity index (χ1) is 10.2. The van der Waals surface area contributed by atoms with E-state index in [1.807, 2.05) is 24.3 Å². The molecule has 1 aromatic carbocycles. The van der Waals surface area contributed by atoms with Crippen LogP contribution in [-0.2, 0) is 9.59 Å². The SMILES string of the molecule is NCC#Cc1ccc(OCCN2CC(=O)NC(=O)C2)cc1. The molecule has 6 heteroatoms. The molecule has 110 valence electrons. The summed E-state index contributed by atoms with van der Waals surface area (Å²) in [7, 11) is 0. The van der Waals surface area contributed by atoms with Gasteiger partial charge in [-0.3, -0.25) is 19.8 Å². The van der Waals surface area contributed by atoms with Crippen molar-refractivity contribution in [2.75, 3.05) is 32.8 Å². The second-order valence-corrected chi connectivity index (χ2v) is 4.56. The standard InChI is InChI=1S/C15H17N3O3/c16-7-1-2-12-3-5-13(6-4-12)21-9-8-18-10-14(19)17-15(20)11-18/h3-6H,7-11,16H2,(H,17,19,20). The summed E-state index contributed by atoms with van der Waals surface area (Å²) in [5.74, 6) is 5.89. The number of nitrogens with zero attached hydrogens (tertiary/aromatic N) is 1. The van der Waals surface area contributed by atoms with Gasteiger partial charge in [-0.15, -0.1) is 0 Å². The Morgan fingerprint density at radius 3 is 2.48 bits per heavy atom. The van der Waals surface area contributed by atoms with Crippen LogP contribution < -0.4 is 15.8 Å². The van der Waals surface area contributed by atoms with E-state index in [0.29, 0.717) is 19.7 Å². The highest BCUT2D eigenvalue weighted by atomic mass is 16.5. The van der Waals surface area contributed by atoms with Crippen molar-refractivity contribution < 1.29 is 14.3 Å². The Hall–Kier alpha value is -2.36. The second-order valence-electron chi connectivity index (χ2n) is 4.56. The zero-order valence-electron chi connectivity index (χ0n) is 11.6. The van der Waals surface area contributed by atoms with Crippen molar-refractivity contribution in [2.24, 2.45) is 5.73 Å². The molecule has 1 aliphatic rings. The first-order valence-corrected chi connectivity index (χ1v) is 6.64. The van der Waals surface area contributed by atoms with Gasteiger partial charge in [0.25, 0.3) is 0 Å². The molecule has 1 saturated heterocycles. The lowest BCUT2D eigenvalue weighted by molar-refractivity contribution is -0.136. The molecule has 1 aliphatic heterocycles. The minimum atomic E-state index is -0.269. The molecule has 2 amide bonds. The number of nitrogens with one attached hydrogen (secondary N) is 1. The minimum Gasteiger partial charge on any atom is -0.492 e. The predicted octanol–water partition coefficient (Wildman–Crippen LogP) is -0.666. The van der Waals surface area contributed by atoms with Gasteiger partial charge >= 0.3 is 0 Å². The Bertz CT molecular complexity index is 556. The third-order valence-electron chi connectivity index (χ3n) is 2.88. The Balaban J connectivity index is 1.78. The maximum Gasteiger partial charge on any atom is 0.240 e. The molecule has 1 heterocycles. The van der Waals surface area contributed by atoms with Gasteiger partial charge in [0, 0.05) is 12.1 Å². The van der Waals surface area contributed by atoms with E-state index < -0.39 is 0 Å². The van der Waals surface area contributed by atoms with Crippen molar-refractivity contribution in [2.45, 2.75) is 0 Å². The van der Waals surface area contributed by atoms with E-state index in [1.54, 1.807) is 4.90 Å². The van der Waals surface area contributed by atoms with Crippen LogP contribution in [-0.4, -0.2) is 49.5 Å². The summed E-state index contributed by atoms with van der Waals surface area (Å²) in [6, 6.07) is 7.37. The fourth-order valence-electron chi connectivity index (χ4n) is 1.93. The topological polar surface area (TPSA) is 84.7 Å². The lowest BCUT2D eigenvalue weighted by Crippen LogP contribution is -2.52. The maximum atomic E-state index is 11.2. The molecule has 1 fully saturated rings. The van der Waals surface area contributed by atoms with Crippen LogP contribution >= 0.6 is 0 Å². The van der Waals surface area contributed by atoms with Crippen LogP contribution in [0.3, 0.4) is 0 Å². The molecule has 0 radical (unpaired) electrons. The van der Waals surface area contributed by atoms with Crippen LogP contribution in [0.2, 0.25) is 0 Å². The average Bonchev–Trinajstić information content (AvgIpc) is 2.45. The smallest absolute Gasteiger partial charge is 0.240 e. The molecule has 1 aromatic rings. The molecule has 21 heavy (non-hydrogen) atoms. The maximum absolute atomic E-state index is 11.2. The molecule has 0 atom stereocenters. The minimum absolute atomic E-state index is 0.225. The quantitative estimate of drug-likeness (QED) is 0.567. The summed E-state index contributed by atoms with van der Waals surface area (Å²) in [6.07, 6.45) is 0. The molecule has 0 unspecified atom stereocenters. The number of hydrogen-bond acceptors (Lipinski definition) is 5. The van der Waals surface area contributed by atoms with Crippen LogP contribution in [0.5, 0.6) is 5.75 Å². The fraction of sp³-hybridized carbons (Fsp3) is 0.333. The fourth-order valence-corrected chi connectivity index (χ4v) is 1.93. The van der Waals surface area contributed by atoms with Crippen molar-refractivity contribution in [3.8, 4) is 17.6 Å². The van der Waals surface area contributed by atoms with Gasteiger partial charge in [-0.25, -0.2) is 0 Å². The number of imide groups is 1. The van der Waals surface area contributed by atoms with E-state index in [2.05, 4.69) is 17.2 Å². The van der Waals surface area contributed by atoms with Gasteiger partial charge in [-0.1, -0.05) is 11.8 Å². The molecule has 3 N–H and O–H groups in total. The monoisotopic (exact) mass is 287 g/mol. The molecule has 0 saturated carbocycles. The largest absolute Gasteiger partial charge is 0.492 e. The number of ether oxygens (including phenoxy) is 1. The Morgan fingerprint density at radius 2 is 1.86 bits per heavy atom. The van der Waals surface area contributed by atoms with Crippen molar-refractivity contribution in [3.05, 3.63) is 29.8 Å². The second kappa shape index (κ2) is 7.43. The summed E-state index contributed by atoms with van der Waals surface area (Å²) < 4.78 is 5.58. The van der Waals surface area contributed by atoms with E-state index in [-0.39, 0.29) is 24.9 Å². The number of piperazine rings is 1. The van der Waals surface area contributed by atoms with Crippen LogP contribution in [0.4, 0.5) is 0 Å². The van der Waals surface area contributed by atoms with Crippen molar-refractivity contribution in [1.82, 2.24) is 10.2 Å². The zero-order chi connectivity index (χ0) is 15.1. The van der Waals surface area contributed by atoms with E-state index in [0.717, 1.165) is 11.3 Å². The van der Waals surface area contributed by atoms with Crippen molar-refractivity contribution in [1.29, 1.82) is 0 Å². The number of amides is 2.